The zero-order valence-corrected chi connectivity index (χ0v) is 15.1. The molecule has 7 heteroatoms. The average molecular weight is 329 g/mol. The minimum absolute atomic E-state index is 0.217. The fourth-order valence-corrected chi connectivity index (χ4v) is 2.07. The lowest BCUT2D eigenvalue weighted by molar-refractivity contribution is -0.141. The van der Waals surface area contributed by atoms with Crippen LogP contribution in [0.3, 0.4) is 0 Å². The lowest BCUT2D eigenvalue weighted by atomic mass is 10.1. The zero-order valence-electron chi connectivity index (χ0n) is 15.1. The third-order valence-corrected chi connectivity index (χ3v) is 3.28. The van der Waals surface area contributed by atoms with Crippen LogP contribution >= 0.6 is 0 Å². The highest BCUT2D eigenvalue weighted by molar-refractivity contribution is 5.85. The lowest BCUT2D eigenvalue weighted by Gasteiger charge is -2.29. The quantitative estimate of drug-likeness (QED) is 0.488. The first kappa shape index (κ1) is 21.4. The molecule has 134 valence electrons. The van der Waals surface area contributed by atoms with E-state index in [4.69, 9.17) is 0 Å². The van der Waals surface area contributed by atoms with Gasteiger partial charge in [0.05, 0.1) is 19.6 Å². The van der Waals surface area contributed by atoms with E-state index < -0.39 is 6.04 Å². The second kappa shape index (κ2) is 11.0. The minimum Gasteiger partial charge on any atom is -0.469 e. The number of carbonyl (C=O) groups excluding carboxylic acids is 3. The summed E-state index contributed by atoms with van der Waals surface area (Å²) in [4.78, 5) is 37.0. The zero-order chi connectivity index (χ0) is 18.0. The molecule has 0 aromatic heterocycles. The summed E-state index contributed by atoms with van der Waals surface area (Å²) < 4.78 is 4.64. The monoisotopic (exact) mass is 329 g/mol. The first-order valence-electron chi connectivity index (χ1n) is 8.06. The van der Waals surface area contributed by atoms with Crippen LogP contribution in [-0.2, 0) is 19.1 Å². The SMILES string of the molecule is COC(=O)CCN(CC(C)C)C(C)C(=O)NNC(=O)CC(C)C. The van der Waals surface area contributed by atoms with Crippen molar-refractivity contribution < 1.29 is 19.1 Å². The van der Waals surface area contributed by atoms with Crippen molar-refractivity contribution in [2.45, 2.75) is 53.5 Å². The molecule has 0 aromatic carbocycles. The molecule has 23 heavy (non-hydrogen) atoms. The Labute approximate surface area is 139 Å². The number of ether oxygens (including phenoxy) is 1. The highest BCUT2D eigenvalue weighted by atomic mass is 16.5. The van der Waals surface area contributed by atoms with Crippen LogP contribution in [0.25, 0.3) is 0 Å². The Balaban J connectivity index is 4.53. The van der Waals surface area contributed by atoms with E-state index in [1.807, 2.05) is 32.6 Å². The van der Waals surface area contributed by atoms with Crippen LogP contribution < -0.4 is 10.9 Å². The first-order chi connectivity index (χ1) is 10.7. The summed E-state index contributed by atoms with van der Waals surface area (Å²) in [6.07, 6.45) is 0.577. The smallest absolute Gasteiger partial charge is 0.306 e. The van der Waals surface area contributed by atoms with Crippen LogP contribution in [0.5, 0.6) is 0 Å². The van der Waals surface area contributed by atoms with E-state index in [0.29, 0.717) is 25.4 Å². The van der Waals surface area contributed by atoms with E-state index in [1.54, 1.807) is 6.92 Å². The molecule has 7 nitrogen and oxygen atoms in total. The number of esters is 1. The number of nitrogens with one attached hydrogen (secondary N) is 2. The van der Waals surface area contributed by atoms with E-state index in [-0.39, 0.29) is 30.1 Å². The fourth-order valence-electron chi connectivity index (χ4n) is 2.07. The van der Waals surface area contributed by atoms with E-state index in [9.17, 15) is 14.4 Å². The molecule has 1 atom stereocenters. The summed E-state index contributed by atoms with van der Waals surface area (Å²) in [5, 5.41) is 0. The molecule has 0 aliphatic carbocycles. The van der Waals surface area contributed by atoms with E-state index in [2.05, 4.69) is 15.6 Å². The Kier molecular flexibility index (Phi) is 10.2. The van der Waals surface area contributed by atoms with Gasteiger partial charge in [0.2, 0.25) is 5.91 Å². The topological polar surface area (TPSA) is 87.7 Å². The largest absolute Gasteiger partial charge is 0.469 e. The van der Waals surface area contributed by atoms with Crippen molar-refractivity contribution in [3.63, 3.8) is 0 Å². The van der Waals surface area contributed by atoms with Gasteiger partial charge in [-0.15, -0.1) is 0 Å². The van der Waals surface area contributed by atoms with Crippen LogP contribution in [-0.4, -0.2) is 48.9 Å². The van der Waals surface area contributed by atoms with Crippen molar-refractivity contribution >= 4 is 17.8 Å². The summed E-state index contributed by atoms with van der Waals surface area (Å²) in [5.74, 6) is -0.255. The predicted octanol–water partition coefficient (Wildman–Crippen LogP) is 1.09. The summed E-state index contributed by atoms with van der Waals surface area (Å²) in [5.41, 5.74) is 4.87. The van der Waals surface area contributed by atoms with Gasteiger partial charge in [-0.25, -0.2) is 0 Å². The standard InChI is InChI=1S/C16H31N3O4/c1-11(2)9-14(20)17-18-16(22)13(5)19(10-12(3)4)8-7-15(21)23-6/h11-13H,7-10H2,1-6H3,(H,17,20)(H,18,22). The Morgan fingerprint density at radius 1 is 1.00 bits per heavy atom. The average Bonchev–Trinajstić information content (AvgIpc) is 2.46. The van der Waals surface area contributed by atoms with Gasteiger partial charge in [-0.1, -0.05) is 27.7 Å². The number of carbonyl (C=O) groups is 3. The maximum Gasteiger partial charge on any atom is 0.306 e. The number of hydrazine groups is 1. The van der Waals surface area contributed by atoms with Gasteiger partial charge in [0, 0.05) is 19.5 Å². The number of rotatable bonds is 9. The van der Waals surface area contributed by atoms with Gasteiger partial charge < -0.3 is 4.74 Å². The van der Waals surface area contributed by atoms with Crippen LogP contribution in [0, 0.1) is 11.8 Å². The van der Waals surface area contributed by atoms with Crippen molar-refractivity contribution in [3.05, 3.63) is 0 Å². The minimum atomic E-state index is -0.457. The van der Waals surface area contributed by atoms with Crippen molar-refractivity contribution in [3.8, 4) is 0 Å². The van der Waals surface area contributed by atoms with Gasteiger partial charge in [-0.05, 0) is 18.8 Å². The van der Waals surface area contributed by atoms with Crippen LogP contribution in [0.2, 0.25) is 0 Å². The van der Waals surface area contributed by atoms with Gasteiger partial charge in [-0.2, -0.15) is 0 Å². The second-order valence-corrected chi connectivity index (χ2v) is 6.53. The molecular weight excluding hydrogens is 298 g/mol. The van der Waals surface area contributed by atoms with Crippen molar-refractivity contribution in [2.24, 2.45) is 11.8 Å². The molecule has 0 aromatic rings. The van der Waals surface area contributed by atoms with Crippen molar-refractivity contribution in [2.75, 3.05) is 20.2 Å². The molecule has 0 heterocycles. The van der Waals surface area contributed by atoms with Crippen molar-refractivity contribution in [1.82, 2.24) is 15.8 Å². The molecule has 0 aliphatic heterocycles. The van der Waals surface area contributed by atoms with Crippen molar-refractivity contribution in [1.29, 1.82) is 0 Å². The highest BCUT2D eigenvalue weighted by Gasteiger charge is 2.23. The molecule has 0 radical (unpaired) electrons. The molecule has 0 aliphatic rings. The summed E-state index contributed by atoms with van der Waals surface area (Å²) in [6, 6.07) is -0.457. The van der Waals surface area contributed by atoms with Crippen LogP contribution in [0.1, 0.15) is 47.5 Å². The molecule has 0 bridgehead atoms. The summed E-state index contributed by atoms with van der Waals surface area (Å²) >= 11 is 0. The van der Waals surface area contributed by atoms with E-state index in [0.717, 1.165) is 0 Å². The van der Waals surface area contributed by atoms with Gasteiger partial charge >= 0.3 is 5.97 Å². The Morgan fingerprint density at radius 3 is 2.09 bits per heavy atom. The molecule has 1 unspecified atom stereocenters. The van der Waals surface area contributed by atoms with E-state index in [1.165, 1.54) is 7.11 Å². The highest BCUT2D eigenvalue weighted by Crippen LogP contribution is 2.06. The molecule has 0 saturated carbocycles. The number of amides is 2. The van der Waals surface area contributed by atoms with Gasteiger partial charge in [0.15, 0.2) is 0 Å². The van der Waals surface area contributed by atoms with E-state index >= 15 is 0 Å². The third kappa shape index (κ3) is 9.89. The van der Waals surface area contributed by atoms with Gasteiger partial charge in [0.1, 0.15) is 0 Å². The number of methoxy groups -OCH3 is 1. The van der Waals surface area contributed by atoms with Gasteiger partial charge in [-0.3, -0.25) is 30.1 Å². The van der Waals surface area contributed by atoms with Gasteiger partial charge in [0.25, 0.3) is 5.91 Å². The number of nitrogens with zero attached hydrogens (tertiary/aromatic N) is 1. The third-order valence-electron chi connectivity index (χ3n) is 3.28. The normalized spacial score (nSPS) is 12.4. The molecule has 0 fully saturated rings. The first-order valence-corrected chi connectivity index (χ1v) is 8.06. The predicted molar refractivity (Wildman–Crippen MR) is 88.2 cm³/mol. The Morgan fingerprint density at radius 2 is 1.61 bits per heavy atom. The molecule has 2 N–H and O–H groups in total. The summed E-state index contributed by atoms with van der Waals surface area (Å²) in [7, 11) is 1.34. The number of hydrogen-bond donors (Lipinski definition) is 2. The Bertz CT molecular complexity index is 397. The Hall–Kier alpha value is -1.63. The number of hydrogen-bond acceptors (Lipinski definition) is 5. The van der Waals surface area contributed by atoms with Crippen LogP contribution in [0.15, 0.2) is 0 Å². The second-order valence-electron chi connectivity index (χ2n) is 6.53. The molecule has 2 amide bonds. The molecular formula is C16H31N3O4. The summed E-state index contributed by atoms with van der Waals surface area (Å²) in [6.45, 7) is 10.8. The molecule has 0 rings (SSSR count). The maximum atomic E-state index is 12.2. The van der Waals surface area contributed by atoms with Crippen LogP contribution in [0.4, 0.5) is 0 Å². The fraction of sp³-hybridized carbons (Fsp3) is 0.812. The molecule has 0 saturated heterocycles. The molecule has 0 spiro atoms. The lowest BCUT2D eigenvalue weighted by Crippen LogP contribution is -2.52. The maximum absolute atomic E-state index is 12.2.